The van der Waals surface area contributed by atoms with E-state index in [0.717, 1.165) is 26.2 Å². The number of nitrogens with two attached hydrogens (primary N) is 1. The van der Waals surface area contributed by atoms with Crippen LogP contribution in [0.25, 0.3) is 0 Å². The fourth-order valence-corrected chi connectivity index (χ4v) is 2.80. The second-order valence-electron chi connectivity index (χ2n) is 5.99. The molecular formula is C15H32N2O. The Hall–Kier alpha value is -0.120. The Morgan fingerprint density at radius 2 is 2.00 bits per heavy atom. The fraction of sp³-hybridized carbons (Fsp3) is 1.00. The van der Waals surface area contributed by atoms with Crippen LogP contribution in [-0.2, 0) is 4.74 Å². The summed E-state index contributed by atoms with van der Waals surface area (Å²) >= 11 is 0. The Bertz CT molecular complexity index is 217. The van der Waals surface area contributed by atoms with Crippen molar-refractivity contribution in [3.63, 3.8) is 0 Å². The molecule has 0 saturated carbocycles. The first kappa shape index (κ1) is 15.9. The molecule has 1 fully saturated rings. The highest BCUT2D eigenvalue weighted by Gasteiger charge is 2.33. The zero-order valence-corrected chi connectivity index (χ0v) is 12.6. The topological polar surface area (TPSA) is 38.5 Å². The van der Waals surface area contributed by atoms with Gasteiger partial charge >= 0.3 is 0 Å². The van der Waals surface area contributed by atoms with Crippen molar-refractivity contribution in [2.24, 2.45) is 5.73 Å². The molecular weight excluding hydrogens is 224 g/mol. The molecule has 0 aromatic heterocycles. The van der Waals surface area contributed by atoms with E-state index < -0.39 is 0 Å². The number of ether oxygens (including phenoxy) is 1. The SMILES string of the molecule is CCCCCCCC(C)(CN)N(C)C1CCOC1. The Kier molecular flexibility index (Phi) is 7.20. The third-order valence-electron chi connectivity index (χ3n) is 4.56. The van der Waals surface area contributed by atoms with E-state index in [1.165, 1.54) is 38.5 Å². The predicted octanol–water partition coefficient (Wildman–Crippen LogP) is 2.79. The summed E-state index contributed by atoms with van der Waals surface area (Å²) in [7, 11) is 2.22. The number of hydrogen-bond donors (Lipinski definition) is 1. The summed E-state index contributed by atoms with van der Waals surface area (Å²) < 4.78 is 5.49. The van der Waals surface area contributed by atoms with Gasteiger partial charge in [-0.2, -0.15) is 0 Å². The van der Waals surface area contributed by atoms with Crippen molar-refractivity contribution in [1.82, 2.24) is 4.90 Å². The lowest BCUT2D eigenvalue weighted by atomic mass is 9.90. The van der Waals surface area contributed by atoms with Gasteiger partial charge in [0, 0.05) is 24.7 Å². The van der Waals surface area contributed by atoms with E-state index >= 15 is 0 Å². The molecule has 0 amide bonds. The van der Waals surface area contributed by atoms with Crippen molar-refractivity contribution in [1.29, 1.82) is 0 Å². The van der Waals surface area contributed by atoms with Gasteiger partial charge in [0.25, 0.3) is 0 Å². The minimum Gasteiger partial charge on any atom is -0.380 e. The number of hydrogen-bond acceptors (Lipinski definition) is 3. The van der Waals surface area contributed by atoms with Crippen LogP contribution in [0, 0.1) is 0 Å². The normalized spacial score (nSPS) is 23.5. The van der Waals surface area contributed by atoms with Crippen molar-refractivity contribution >= 4 is 0 Å². The average molecular weight is 256 g/mol. The van der Waals surface area contributed by atoms with Crippen LogP contribution in [0.2, 0.25) is 0 Å². The molecule has 108 valence electrons. The number of nitrogens with zero attached hydrogens (tertiary/aromatic N) is 1. The maximum Gasteiger partial charge on any atom is 0.0622 e. The van der Waals surface area contributed by atoms with Gasteiger partial charge in [0.15, 0.2) is 0 Å². The molecule has 1 saturated heterocycles. The average Bonchev–Trinajstić information content (AvgIpc) is 2.91. The zero-order chi connectivity index (χ0) is 13.4. The number of rotatable bonds is 9. The summed E-state index contributed by atoms with van der Waals surface area (Å²) in [6.45, 7) is 7.10. The van der Waals surface area contributed by atoms with Crippen LogP contribution < -0.4 is 5.73 Å². The van der Waals surface area contributed by atoms with Gasteiger partial charge in [-0.25, -0.2) is 0 Å². The lowest BCUT2D eigenvalue weighted by molar-refractivity contribution is 0.0701. The molecule has 1 rings (SSSR count). The van der Waals surface area contributed by atoms with E-state index in [2.05, 4.69) is 25.8 Å². The molecule has 1 aliphatic rings. The third kappa shape index (κ3) is 4.52. The molecule has 18 heavy (non-hydrogen) atoms. The maximum absolute atomic E-state index is 6.03. The first-order chi connectivity index (χ1) is 8.64. The first-order valence-electron chi connectivity index (χ1n) is 7.65. The molecule has 2 unspecified atom stereocenters. The van der Waals surface area contributed by atoms with Crippen LogP contribution in [0.5, 0.6) is 0 Å². The summed E-state index contributed by atoms with van der Waals surface area (Å²) in [4.78, 5) is 2.47. The Labute approximate surface area is 113 Å². The smallest absolute Gasteiger partial charge is 0.0622 e. The molecule has 1 aliphatic heterocycles. The van der Waals surface area contributed by atoms with Gasteiger partial charge in [0.05, 0.1) is 6.61 Å². The molecule has 3 nitrogen and oxygen atoms in total. The molecule has 0 aliphatic carbocycles. The molecule has 0 radical (unpaired) electrons. The predicted molar refractivity (Wildman–Crippen MR) is 77.8 cm³/mol. The molecule has 2 N–H and O–H groups in total. The largest absolute Gasteiger partial charge is 0.380 e. The molecule has 1 heterocycles. The van der Waals surface area contributed by atoms with E-state index in [0.29, 0.717) is 6.04 Å². The zero-order valence-electron chi connectivity index (χ0n) is 12.6. The van der Waals surface area contributed by atoms with Crippen LogP contribution in [0.15, 0.2) is 0 Å². The Balaban J connectivity index is 2.35. The van der Waals surface area contributed by atoms with Gasteiger partial charge in [-0.05, 0) is 26.8 Å². The van der Waals surface area contributed by atoms with Gasteiger partial charge in [0.1, 0.15) is 0 Å². The first-order valence-corrected chi connectivity index (χ1v) is 7.65. The van der Waals surface area contributed by atoms with E-state index in [9.17, 15) is 0 Å². The van der Waals surface area contributed by atoms with E-state index in [1.54, 1.807) is 0 Å². The number of unbranched alkanes of at least 4 members (excludes halogenated alkanes) is 4. The Morgan fingerprint density at radius 3 is 2.56 bits per heavy atom. The summed E-state index contributed by atoms with van der Waals surface area (Å²) in [5.74, 6) is 0. The van der Waals surface area contributed by atoms with Crippen LogP contribution in [-0.4, -0.2) is 43.3 Å². The van der Waals surface area contributed by atoms with Gasteiger partial charge < -0.3 is 10.5 Å². The van der Waals surface area contributed by atoms with Crippen LogP contribution >= 0.6 is 0 Å². The highest BCUT2D eigenvalue weighted by molar-refractivity contribution is 4.90. The van der Waals surface area contributed by atoms with Gasteiger partial charge in [-0.1, -0.05) is 39.0 Å². The van der Waals surface area contributed by atoms with E-state index in [-0.39, 0.29) is 5.54 Å². The van der Waals surface area contributed by atoms with Crippen molar-refractivity contribution in [2.75, 3.05) is 26.8 Å². The fourth-order valence-electron chi connectivity index (χ4n) is 2.80. The van der Waals surface area contributed by atoms with Gasteiger partial charge in [-0.3, -0.25) is 4.90 Å². The molecule has 0 bridgehead atoms. The van der Waals surface area contributed by atoms with Crippen molar-refractivity contribution in [3.05, 3.63) is 0 Å². The second-order valence-corrected chi connectivity index (χ2v) is 5.99. The molecule has 0 aromatic rings. The Morgan fingerprint density at radius 1 is 1.28 bits per heavy atom. The lowest BCUT2D eigenvalue weighted by Gasteiger charge is -2.41. The van der Waals surface area contributed by atoms with Crippen molar-refractivity contribution in [2.45, 2.75) is 70.4 Å². The molecule has 2 atom stereocenters. The second kappa shape index (κ2) is 8.13. The van der Waals surface area contributed by atoms with Crippen molar-refractivity contribution < 1.29 is 4.74 Å². The van der Waals surface area contributed by atoms with Crippen LogP contribution in [0.1, 0.15) is 58.8 Å². The van der Waals surface area contributed by atoms with Crippen LogP contribution in [0.4, 0.5) is 0 Å². The van der Waals surface area contributed by atoms with E-state index in [4.69, 9.17) is 10.5 Å². The monoisotopic (exact) mass is 256 g/mol. The van der Waals surface area contributed by atoms with Crippen LogP contribution in [0.3, 0.4) is 0 Å². The number of likely N-dealkylation sites (N-methyl/N-ethyl adjacent to an activating group) is 1. The van der Waals surface area contributed by atoms with E-state index in [1.807, 2.05) is 0 Å². The minimum atomic E-state index is 0.143. The third-order valence-corrected chi connectivity index (χ3v) is 4.56. The maximum atomic E-state index is 6.03. The molecule has 0 spiro atoms. The van der Waals surface area contributed by atoms with Gasteiger partial charge in [-0.15, -0.1) is 0 Å². The lowest BCUT2D eigenvalue weighted by Crippen LogP contribution is -2.54. The standard InChI is InChI=1S/C15H32N2O/c1-4-5-6-7-8-10-15(2,13-16)17(3)14-9-11-18-12-14/h14H,4-13,16H2,1-3H3. The molecule has 0 aromatic carbocycles. The van der Waals surface area contributed by atoms with Gasteiger partial charge in [0.2, 0.25) is 0 Å². The summed E-state index contributed by atoms with van der Waals surface area (Å²) in [6, 6.07) is 0.564. The van der Waals surface area contributed by atoms with Crippen molar-refractivity contribution in [3.8, 4) is 0 Å². The highest BCUT2D eigenvalue weighted by atomic mass is 16.5. The quantitative estimate of drug-likeness (QED) is 0.645. The highest BCUT2D eigenvalue weighted by Crippen LogP contribution is 2.25. The minimum absolute atomic E-state index is 0.143. The summed E-state index contributed by atoms with van der Waals surface area (Å²) in [5.41, 5.74) is 6.18. The summed E-state index contributed by atoms with van der Waals surface area (Å²) in [5, 5.41) is 0. The summed E-state index contributed by atoms with van der Waals surface area (Å²) in [6.07, 6.45) is 9.05. The molecule has 3 heteroatoms.